The molecule has 202 valence electrons. The number of hydrogen-bond donors (Lipinski definition) is 1. The standard InChI is InChI=1S/C29H31FO7S/c1-18-5-6-20(16-36-22-7-8-24-21(14-28(31)32)17-37-27(24)15-22)13-25(18)23-9-10-26(29(30)19(23)2)35-11-4-12-38(3,33)34/h5-10,13,15,21H,4,11-12,14,16-17H2,1-3H3,(H,31,32)/t21-/m1/s1. The summed E-state index contributed by atoms with van der Waals surface area (Å²) in [5.74, 6) is -0.148. The molecular weight excluding hydrogens is 511 g/mol. The molecule has 38 heavy (non-hydrogen) atoms. The summed E-state index contributed by atoms with van der Waals surface area (Å²) in [6, 6.07) is 14.7. The maximum Gasteiger partial charge on any atom is 0.304 e. The molecule has 0 fully saturated rings. The van der Waals surface area contributed by atoms with E-state index in [4.69, 9.17) is 19.3 Å². The van der Waals surface area contributed by atoms with Crippen molar-refractivity contribution in [2.75, 3.05) is 25.2 Å². The maximum absolute atomic E-state index is 15.1. The molecule has 1 N–H and O–H groups in total. The van der Waals surface area contributed by atoms with Crippen molar-refractivity contribution in [1.29, 1.82) is 0 Å². The number of benzene rings is 3. The SMILES string of the molecule is Cc1ccc(COc2ccc3c(c2)OC[C@H]3CC(=O)O)cc1-c1ccc(OCCCS(C)(=O)=O)c(F)c1C. The predicted octanol–water partition coefficient (Wildman–Crippen LogP) is 5.45. The maximum atomic E-state index is 15.1. The second-order valence-corrected chi connectivity index (χ2v) is 11.9. The average Bonchev–Trinajstić information content (AvgIpc) is 3.24. The third kappa shape index (κ3) is 6.64. The third-order valence-corrected chi connectivity index (χ3v) is 7.58. The van der Waals surface area contributed by atoms with Gasteiger partial charge in [0.2, 0.25) is 0 Å². The lowest BCUT2D eigenvalue weighted by molar-refractivity contribution is -0.137. The van der Waals surface area contributed by atoms with Gasteiger partial charge in [-0.25, -0.2) is 12.8 Å². The van der Waals surface area contributed by atoms with Crippen molar-refractivity contribution < 1.29 is 36.9 Å². The zero-order valence-electron chi connectivity index (χ0n) is 21.6. The van der Waals surface area contributed by atoms with Gasteiger partial charge in [-0.2, -0.15) is 0 Å². The van der Waals surface area contributed by atoms with Crippen LogP contribution in [0.1, 0.15) is 41.0 Å². The molecule has 9 heteroatoms. The molecular formula is C29H31FO7S. The van der Waals surface area contributed by atoms with Crippen molar-refractivity contribution in [3.63, 3.8) is 0 Å². The van der Waals surface area contributed by atoms with E-state index in [0.29, 0.717) is 30.1 Å². The Kier molecular flexibility index (Phi) is 8.26. The average molecular weight is 543 g/mol. The number of carbonyl (C=O) groups is 1. The Morgan fingerprint density at radius 3 is 2.61 bits per heavy atom. The molecule has 1 aliphatic heterocycles. The van der Waals surface area contributed by atoms with Crippen LogP contribution in [0, 0.1) is 19.7 Å². The summed E-state index contributed by atoms with van der Waals surface area (Å²) in [4.78, 5) is 11.1. The molecule has 1 heterocycles. The van der Waals surface area contributed by atoms with Crippen LogP contribution >= 0.6 is 0 Å². The van der Waals surface area contributed by atoms with Crippen LogP contribution in [0.3, 0.4) is 0 Å². The monoisotopic (exact) mass is 542 g/mol. The Morgan fingerprint density at radius 1 is 1.08 bits per heavy atom. The number of aliphatic carboxylic acids is 1. The number of carboxylic acids is 1. The Labute approximate surface area is 222 Å². The molecule has 0 spiro atoms. The Balaban J connectivity index is 1.45. The summed E-state index contributed by atoms with van der Waals surface area (Å²) in [6.07, 6.45) is 1.47. The Bertz CT molecular complexity index is 1450. The second kappa shape index (κ2) is 11.4. The summed E-state index contributed by atoms with van der Waals surface area (Å²) >= 11 is 0. The number of sulfone groups is 1. The smallest absolute Gasteiger partial charge is 0.304 e. The molecule has 0 saturated carbocycles. The van der Waals surface area contributed by atoms with Gasteiger partial charge in [-0.05, 0) is 66.3 Å². The molecule has 0 bridgehead atoms. The van der Waals surface area contributed by atoms with Gasteiger partial charge >= 0.3 is 5.97 Å². The van der Waals surface area contributed by atoms with Gasteiger partial charge < -0.3 is 19.3 Å². The zero-order chi connectivity index (χ0) is 27.4. The van der Waals surface area contributed by atoms with Crippen molar-refractivity contribution in [1.82, 2.24) is 0 Å². The van der Waals surface area contributed by atoms with E-state index in [1.807, 2.05) is 43.3 Å². The van der Waals surface area contributed by atoms with E-state index in [2.05, 4.69) is 0 Å². The van der Waals surface area contributed by atoms with Crippen LogP contribution in [0.15, 0.2) is 48.5 Å². The predicted molar refractivity (Wildman–Crippen MR) is 142 cm³/mol. The normalized spacial score (nSPS) is 14.6. The minimum Gasteiger partial charge on any atom is -0.492 e. The first-order valence-corrected chi connectivity index (χ1v) is 14.4. The fourth-order valence-electron chi connectivity index (χ4n) is 4.51. The number of carboxylic acid groups (broad SMARTS) is 1. The molecule has 0 radical (unpaired) electrons. The van der Waals surface area contributed by atoms with E-state index < -0.39 is 21.6 Å². The molecule has 1 aliphatic rings. The van der Waals surface area contributed by atoms with Crippen LogP contribution in [-0.4, -0.2) is 44.7 Å². The van der Waals surface area contributed by atoms with Crippen LogP contribution in [0.2, 0.25) is 0 Å². The number of halogens is 1. The molecule has 0 unspecified atom stereocenters. The third-order valence-electron chi connectivity index (χ3n) is 6.55. The van der Waals surface area contributed by atoms with Crippen molar-refractivity contribution in [3.05, 3.63) is 76.6 Å². The van der Waals surface area contributed by atoms with Crippen molar-refractivity contribution in [2.24, 2.45) is 0 Å². The van der Waals surface area contributed by atoms with E-state index in [9.17, 15) is 13.2 Å². The largest absolute Gasteiger partial charge is 0.492 e. The molecule has 3 aromatic rings. The van der Waals surface area contributed by atoms with Gasteiger partial charge in [0, 0.05) is 23.8 Å². The molecule has 3 aromatic carbocycles. The van der Waals surface area contributed by atoms with Gasteiger partial charge in [0.1, 0.15) is 27.9 Å². The highest BCUT2D eigenvalue weighted by Gasteiger charge is 2.26. The van der Waals surface area contributed by atoms with Crippen LogP contribution < -0.4 is 14.2 Å². The molecule has 1 atom stereocenters. The lowest BCUT2D eigenvalue weighted by atomic mass is 9.94. The number of fused-ring (bicyclic) bond motifs is 1. The molecule has 4 rings (SSSR count). The fourth-order valence-corrected chi connectivity index (χ4v) is 5.15. The Morgan fingerprint density at radius 2 is 1.87 bits per heavy atom. The number of hydrogen-bond acceptors (Lipinski definition) is 6. The van der Waals surface area contributed by atoms with E-state index in [0.717, 1.165) is 34.1 Å². The first-order chi connectivity index (χ1) is 18.0. The molecule has 0 amide bonds. The van der Waals surface area contributed by atoms with Gasteiger partial charge in [-0.3, -0.25) is 4.79 Å². The summed E-state index contributed by atoms with van der Waals surface area (Å²) < 4.78 is 54.8. The Hall–Kier alpha value is -3.59. The zero-order valence-corrected chi connectivity index (χ0v) is 22.4. The first-order valence-electron chi connectivity index (χ1n) is 12.3. The van der Waals surface area contributed by atoms with Crippen LogP contribution in [0.5, 0.6) is 17.2 Å². The molecule has 0 saturated heterocycles. The quantitative estimate of drug-likeness (QED) is 0.322. The van der Waals surface area contributed by atoms with Crippen molar-refractivity contribution in [2.45, 2.75) is 39.2 Å². The summed E-state index contributed by atoms with van der Waals surface area (Å²) in [7, 11) is -3.09. The molecule has 7 nitrogen and oxygen atoms in total. The number of rotatable bonds is 11. The van der Waals surface area contributed by atoms with E-state index >= 15 is 4.39 Å². The molecule has 0 aliphatic carbocycles. The highest BCUT2D eigenvalue weighted by atomic mass is 32.2. The second-order valence-electron chi connectivity index (χ2n) is 9.63. The van der Waals surface area contributed by atoms with E-state index in [1.54, 1.807) is 19.1 Å². The first kappa shape index (κ1) is 27.4. The van der Waals surface area contributed by atoms with Gasteiger partial charge in [0.15, 0.2) is 11.6 Å². The van der Waals surface area contributed by atoms with E-state index in [1.165, 1.54) is 0 Å². The van der Waals surface area contributed by atoms with Crippen LogP contribution in [0.25, 0.3) is 11.1 Å². The van der Waals surface area contributed by atoms with E-state index in [-0.39, 0.29) is 37.1 Å². The van der Waals surface area contributed by atoms with Gasteiger partial charge in [0.05, 0.1) is 25.4 Å². The minimum atomic E-state index is -3.09. The van der Waals surface area contributed by atoms with Gasteiger partial charge in [0.25, 0.3) is 0 Å². The lowest BCUT2D eigenvalue weighted by Gasteiger charge is -2.15. The van der Waals surface area contributed by atoms with Gasteiger partial charge in [-0.1, -0.05) is 24.3 Å². The minimum absolute atomic E-state index is 0.0105. The van der Waals surface area contributed by atoms with Crippen molar-refractivity contribution >= 4 is 15.8 Å². The lowest BCUT2D eigenvalue weighted by Crippen LogP contribution is -2.09. The van der Waals surface area contributed by atoms with Crippen LogP contribution in [-0.2, 0) is 21.2 Å². The highest BCUT2D eigenvalue weighted by Crippen LogP contribution is 2.38. The number of aryl methyl sites for hydroxylation is 1. The fraction of sp³-hybridized carbons (Fsp3) is 0.345. The van der Waals surface area contributed by atoms with Gasteiger partial charge in [-0.15, -0.1) is 0 Å². The summed E-state index contributed by atoms with van der Waals surface area (Å²) in [6.45, 7) is 4.39. The highest BCUT2D eigenvalue weighted by molar-refractivity contribution is 7.90. The van der Waals surface area contributed by atoms with Crippen LogP contribution in [0.4, 0.5) is 4.39 Å². The van der Waals surface area contributed by atoms with Crippen molar-refractivity contribution in [3.8, 4) is 28.4 Å². The number of ether oxygens (including phenoxy) is 3. The summed E-state index contributed by atoms with van der Waals surface area (Å²) in [5, 5.41) is 9.08. The summed E-state index contributed by atoms with van der Waals surface area (Å²) in [5.41, 5.74) is 4.81. The topological polar surface area (TPSA) is 99.1 Å². The molecule has 0 aromatic heterocycles.